The molecule has 1 N–H and O–H groups in total. The first kappa shape index (κ1) is 18.0. The van der Waals surface area contributed by atoms with Crippen LogP contribution in [0.15, 0.2) is 0 Å². The van der Waals surface area contributed by atoms with Gasteiger partial charge in [0.25, 0.3) is 0 Å². The van der Waals surface area contributed by atoms with Crippen molar-refractivity contribution in [2.24, 2.45) is 16.7 Å². The van der Waals surface area contributed by atoms with Crippen molar-refractivity contribution in [2.75, 3.05) is 6.61 Å². The van der Waals surface area contributed by atoms with Crippen molar-refractivity contribution in [2.45, 2.75) is 73.3 Å². The molecule has 0 bridgehead atoms. The lowest BCUT2D eigenvalue weighted by atomic mass is 9.58. The molecule has 122 valence electrons. The Morgan fingerprint density at radius 2 is 1.90 bits per heavy atom. The number of esters is 1. The van der Waals surface area contributed by atoms with Crippen molar-refractivity contribution in [1.29, 1.82) is 0 Å². The van der Waals surface area contributed by atoms with Crippen molar-refractivity contribution in [3.05, 3.63) is 0 Å². The molecule has 0 aromatic heterocycles. The lowest BCUT2D eigenvalue weighted by Gasteiger charge is -2.47. The monoisotopic (exact) mass is 297 g/mol. The average molecular weight is 297 g/mol. The van der Waals surface area contributed by atoms with Crippen molar-refractivity contribution in [1.82, 2.24) is 5.32 Å². The molecular formula is C17H31NO3. The minimum Gasteiger partial charge on any atom is -0.464 e. The van der Waals surface area contributed by atoms with Crippen molar-refractivity contribution in [3.63, 3.8) is 0 Å². The van der Waals surface area contributed by atoms with Crippen LogP contribution in [0.25, 0.3) is 0 Å². The van der Waals surface area contributed by atoms with E-state index < -0.39 is 11.5 Å². The van der Waals surface area contributed by atoms with E-state index in [1.807, 2.05) is 0 Å². The van der Waals surface area contributed by atoms with Crippen LogP contribution >= 0.6 is 0 Å². The molecular weight excluding hydrogens is 266 g/mol. The smallest absolute Gasteiger partial charge is 0.328 e. The SMILES string of the molecule is CCOC(=O)[C@H](C)NC(=O)[C@@]1(C)CC(C)(C)CCC1CC. The number of nitrogens with one attached hydrogen (secondary N) is 1. The van der Waals surface area contributed by atoms with Crippen LogP contribution in [0.5, 0.6) is 0 Å². The second-order valence-corrected chi connectivity index (χ2v) is 7.35. The highest BCUT2D eigenvalue weighted by Gasteiger charge is 2.48. The lowest BCUT2D eigenvalue weighted by molar-refractivity contribution is -0.150. The molecule has 21 heavy (non-hydrogen) atoms. The number of hydrogen-bond donors (Lipinski definition) is 1. The molecule has 1 unspecified atom stereocenters. The number of ether oxygens (including phenoxy) is 1. The van der Waals surface area contributed by atoms with Crippen LogP contribution < -0.4 is 5.32 Å². The summed E-state index contributed by atoms with van der Waals surface area (Å²) in [6, 6.07) is -0.586. The Kier molecular flexibility index (Phi) is 5.83. The van der Waals surface area contributed by atoms with Gasteiger partial charge in [0.15, 0.2) is 0 Å². The number of hydrogen-bond acceptors (Lipinski definition) is 3. The van der Waals surface area contributed by atoms with E-state index in [1.165, 1.54) is 0 Å². The highest BCUT2D eigenvalue weighted by atomic mass is 16.5. The molecule has 1 aliphatic carbocycles. The van der Waals surface area contributed by atoms with Gasteiger partial charge in [-0.2, -0.15) is 0 Å². The molecule has 0 aromatic carbocycles. The van der Waals surface area contributed by atoms with E-state index in [-0.39, 0.29) is 17.3 Å². The van der Waals surface area contributed by atoms with E-state index in [0.717, 1.165) is 25.7 Å². The maximum Gasteiger partial charge on any atom is 0.328 e. The predicted octanol–water partition coefficient (Wildman–Crippen LogP) is 3.30. The molecule has 1 aliphatic rings. The van der Waals surface area contributed by atoms with E-state index in [2.05, 4.69) is 33.0 Å². The highest BCUT2D eigenvalue weighted by Crippen LogP contribution is 2.50. The summed E-state index contributed by atoms with van der Waals surface area (Å²) in [6.07, 6.45) is 4.08. The van der Waals surface area contributed by atoms with Crippen LogP contribution in [0, 0.1) is 16.7 Å². The van der Waals surface area contributed by atoms with Gasteiger partial charge < -0.3 is 10.1 Å². The molecule has 0 aromatic rings. The first-order chi connectivity index (χ1) is 9.66. The van der Waals surface area contributed by atoms with Gasteiger partial charge in [0.05, 0.1) is 6.61 Å². The maximum atomic E-state index is 12.8. The van der Waals surface area contributed by atoms with E-state index >= 15 is 0 Å². The van der Waals surface area contributed by atoms with Crippen molar-refractivity contribution < 1.29 is 14.3 Å². The first-order valence-corrected chi connectivity index (χ1v) is 8.14. The molecule has 0 radical (unpaired) electrons. The van der Waals surface area contributed by atoms with Gasteiger partial charge in [0.1, 0.15) is 6.04 Å². The fourth-order valence-corrected chi connectivity index (χ4v) is 3.72. The van der Waals surface area contributed by atoms with Crippen LogP contribution in [0.4, 0.5) is 0 Å². The van der Waals surface area contributed by atoms with Gasteiger partial charge in [0.2, 0.25) is 5.91 Å². The molecule has 0 heterocycles. The molecule has 0 spiro atoms. The minimum atomic E-state index is -0.586. The standard InChI is InChI=1S/C17H31NO3/c1-7-13-9-10-16(4,5)11-17(13,6)15(20)18-12(3)14(19)21-8-2/h12-13H,7-11H2,1-6H3,(H,18,20)/t12-,13?,17-/m0/s1. The third-order valence-electron chi connectivity index (χ3n) is 4.92. The normalized spacial score (nSPS) is 29.5. The van der Waals surface area contributed by atoms with Gasteiger partial charge >= 0.3 is 5.97 Å². The Hall–Kier alpha value is -1.06. The van der Waals surface area contributed by atoms with E-state index in [0.29, 0.717) is 12.5 Å². The van der Waals surface area contributed by atoms with Gasteiger partial charge in [-0.3, -0.25) is 4.79 Å². The highest BCUT2D eigenvalue weighted by molar-refractivity contribution is 5.88. The number of rotatable bonds is 5. The zero-order valence-electron chi connectivity index (χ0n) is 14.4. The molecule has 1 rings (SSSR count). The summed E-state index contributed by atoms with van der Waals surface area (Å²) < 4.78 is 4.97. The number of carbonyl (C=O) groups is 2. The third-order valence-corrected chi connectivity index (χ3v) is 4.92. The fraction of sp³-hybridized carbons (Fsp3) is 0.882. The molecule has 1 amide bonds. The fourth-order valence-electron chi connectivity index (χ4n) is 3.72. The molecule has 1 fully saturated rings. The Labute approximate surface area is 129 Å². The molecule has 4 heteroatoms. The van der Waals surface area contributed by atoms with Gasteiger partial charge in [-0.25, -0.2) is 4.79 Å². The third kappa shape index (κ3) is 4.21. The Morgan fingerprint density at radius 3 is 2.43 bits per heavy atom. The number of amides is 1. The molecule has 0 saturated heterocycles. The van der Waals surface area contributed by atoms with Crippen LogP contribution in [0.3, 0.4) is 0 Å². The molecule has 0 aliphatic heterocycles. The predicted molar refractivity (Wildman–Crippen MR) is 83.8 cm³/mol. The van der Waals surface area contributed by atoms with Gasteiger partial charge in [0, 0.05) is 5.41 Å². The van der Waals surface area contributed by atoms with Gasteiger partial charge in [-0.05, 0) is 44.4 Å². The number of carbonyl (C=O) groups excluding carboxylic acids is 2. The molecule has 1 saturated carbocycles. The van der Waals surface area contributed by atoms with E-state index in [1.54, 1.807) is 13.8 Å². The van der Waals surface area contributed by atoms with E-state index in [9.17, 15) is 9.59 Å². The minimum absolute atomic E-state index is 0.0114. The average Bonchev–Trinajstić information content (AvgIpc) is 2.37. The summed E-state index contributed by atoms with van der Waals surface area (Å²) in [4.78, 5) is 24.5. The summed E-state index contributed by atoms with van der Waals surface area (Å²) in [5, 5.41) is 2.86. The van der Waals surface area contributed by atoms with E-state index in [4.69, 9.17) is 4.74 Å². The van der Waals surface area contributed by atoms with Crippen LogP contribution in [0.1, 0.15) is 67.2 Å². The van der Waals surface area contributed by atoms with Gasteiger partial charge in [-0.1, -0.05) is 34.1 Å². The van der Waals surface area contributed by atoms with Crippen LogP contribution in [-0.2, 0) is 14.3 Å². The summed E-state index contributed by atoms with van der Waals surface area (Å²) in [6.45, 7) is 12.4. The quantitative estimate of drug-likeness (QED) is 0.792. The summed E-state index contributed by atoms with van der Waals surface area (Å²) in [7, 11) is 0. The molecule has 4 nitrogen and oxygen atoms in total. The van der Waals surface area contributed by atoms with Crippen molar-refractivity contribution >= 4 is 11.9 Å². The summed E-state index contributed by atoms with van der Waals surface area (Å²) in [5.74, 6) is 0.000154. The lowest BCUT2D eigenvalue weighted by Crippen LogP contribution is -2.52. The Morgan fingerprint density at radius 1 is 1.29 bits per heavy atom. The Bertz CT molecular complexity index is 391. The topological polar surface area (TPSA) is 55.4 Å². The first-order valence-electron chi connectivity index (χ1n) is 8.14. The second kappa shape index (κ2) is 6.80. The summed E-state index contributed by atoms with van der Waals surface area (Å²) in [5.41, 5.74) is -0.234. The molecule has 3 atom stereocenters. The second-order valence-electron chi connectivity index (χ2n) is 7.35. The van der Waals surface area contributed by atoms with Crippen molar-refractivity contribution in [3.8, 4) is 0 Å². The van der Waals surface area contributed by atoms with Gasteiger partial charge in [-0.15, -0.1) is 0 Å². The maximum absolute atomic E-state index is 12.8. The summed E-state index contributed by atoms with van der Waals surface area (Å²) >= 11 is 0. The zero-order chi connectivity index (χ0) is 16.3. The van der Waals surface area contributed by atoms with Crippen LogP contribution in [-0.4, -0.2) is 24.5 Å². The zero-order valence-corrected chi connectivity index (χ0v) is 14.4. The largest absolute Gasteiger partial charge is 0.464 e. The van der Waals surface area contributed by atoms with Crippen LogP contribution in [0.2, 0.25) is 0 Å². The Balaban J connectivity index is 2.83.